The van der Waals surface area contributed by atoms with Crippen LogP contribution in [0.15, 0.2) is 60.3 Å². The molecule has 3 aromatic rings. The first-order valence-electron chi connectivity index (χ1n) is 9.80. The van der Waals surface area contributed by atoms with Crippen molar-refractivity contribution in [1.82, 2.24) is 9.47 Å². The topological polar surface area (TPSA) is 59.4 Å². The summed E-state index contributed by atoms with van der Waals surface area (Å²) in [6.45, 7) is 5.45. The molecule has 29 heavy (non-hydrogen) atoms. The maximum absolute atomic E-state index is 12.7. The van der Waals surface area contributed by atoms with E-state index in [4.69, 9.17) is 0 Å². The first-order valence-corrected chi connectivity index (χ1v) is 9.80. The number of allylic oxidation sites excluding steroid dienone is 1. The molecule has 0 spiro atoms. The third-order valence-electron chi connectivity index (χ3n) is 5.45. The maximum atomic E-state index is 12.7. The van der Waals surface area contributed by atoms with E-state index >= 15 is 0 Å². The van der Waals surface area contributed by atoms with Gasteiger partial charge in [-0.1, -0.05) is 42.5 Å². The maximum Gasteiger partial charge on any atom is 0.242 e. The molecular weight excluding hydrogens is 364 g/mol. The predicted octanol–water partition coefficient (Wildman–Crippen LogP) is 3.97. The Labute approximate surface area is 169 Å². The zero-order valence-corrected chi connectivity index (χ0v) is 16.5. The second-order valence-corrected chi connectivity index (χ2v) is 7.06. The van der Waals surface area contributed by atoms with Gasteiger partial charge in [0.05, 0.1) is 5.57 Å². The lowest BCUT2D eigenvalue weighted by Gasteiger charge is -2.19. The fraction of sp³-hybridized carbons (Fsp3) is 0.208. The minimum absolute atomic E-state index is 0.0374. The van der Waals surface area contributed by atoms with E-state index in [-0.39, 0.29) is 29.6 Å². The van der Waals surface area contributed by atoms with Crippen LogP contribution in [0.25, 0.3) is 17.0 Å². The lowest BCUT2D eigenvalue weighted by Crippen LogP contribution is -2.33. The molecule has 0 radical (unpaired) electrons. The standard InChI is InChI=1S/C24H22N2O3/c1-3-25(4-2)22(27)15-26-14-16(17-9-7-8-12-21(17)26)13-20-23(28)18-10-5-6-11-19(18)24(20)29/h5-14H,3-4,15H2,1-2H3. The molecule has 0 bridgehead atoms. The predicted molar refractivity (Wildman–Crippen MR) is 113 cm³/mol. The molecule has 0 atom stereocenters. The van der Waals surface area contributed by atoms with Crippen LogP contribution in [0.1, 0.15) is 40.1 Å². The van der Waals surface area contributed by atoms with Gasteiger partial charge in [0.1, 0.15) is 6.54 Å². The molecule has 2 aromatic carbocycles. The highest BCUT2D eigenvalue weighted by Gasteiger charge is 2.32. The van der Waals surface area contributed by atoms with Gasteiger partial charge in [0, 0.05) is 46.9 Å². The second kappa shape index (κ2) is 7.51. The summed E-state index contributed by atoms with van der Waals surface area (Å²) in [5.41, 5.74) is 2.73. The Kier molecular flexibility index (Phi) is 4.89. The number of ketones is 2. The summed E-state index contributed by atoms with van der Waals surface area (Å²) >= 11 is 0. The number of amides is 1. The fourth-order valence-electron chi connectivity index (χ4n) is 3.90. The van der Waals surface area contributed by atoms with Gasteiger partial charge in [0.2, 0.25) is 5.91 Å². The molecule has 0 fully saturated rings. The van der Waals surface area contributed by atoms with E-state index in [0.717, 1.165) is 16.5 Å². The number of hydrogen-bond acceptors (Lipinski definition) is 3. The lowest BCUT2D eigenvalue weighted by atomic mass is 10.1. The van der Waals surface area contributed by atoms with Crippen LogP contribution in [-0.4, -0.2) is 40.0 Å². The number of fused-ring (bicyclic) bond motifs is 2. The van der Waals surface area contributed by atoms with E-state index in [0.29, 0.717) is 24.2 Å². The second-order valence-electron chi connectivity index (χ2n) is 7.06. The number of aromatic nitrogens is 1. The molecule has 4 rings (SSSR count). The Hall–Kier alpha value is -3.47. The smallest absolute Gasteiger partial charge is 0.242 e. The van der Waals surface area contributed by atoms with E-state index in [2.05, 4.69) is 0 Å². The van der Waals surface area contributed by atoms with Crippen LogP contribution < -0.4 is 0 Å². The van der Waals surface area contributed by atoms with Crippen molar-refractivity contribution in [2.75, 3.05) is 13.1 Å². The van der Waals surface area contributed by atoms with Gasteiger partial charge in [-0.2, -0.15) is 0 Å². The van der Waals surface area contributed by atoms with Gasteiger partial charge in [-0.15, -0.1) is 0 Å². The van der Waals surface area contributed by atoms with Crippen molar-refractivity contribution in [3.63, 3.8) is 0 Å². The number of benzene rings is 2. The van der Waals surface area contributed by atoms with E-state index in [9.17, 15) is 14.4 Å². The summed E-state index contributed by atoms with van der Waals surface area (Å²) in [5, 5.41) is 0.906. The summed E-state index contributed by atoms with van der Waals surface area (Å²) in [4.78, 5) is 39.9. The van der Waals surface area contributed by atoms with Gasteiger partial charge in [0.25, 0.3) is 0 Å². The summed E-state index contributed by atoms with van der Waals surface area (Å²) in [6, 6.07) is 14.6. The van der Waals surface area contributed by atoms with Crippen LogP contribution in [0.5, 0.6) is 0 Å². The minimum atomic E-state index is -0.248. The van der Waals surface area contributed by atoms with Gasteiger partial charge in [-0.25, -0.2) is 0 Å². The normalized spacial score (nSPS) is 13.1. The van der Waals surface area contributed by atoms with Gasteiger partial charge in [-0.3, -0.25) is 14.4 Å². The molecule has 1 aromatic heterocycles. The number of carbonyl (C=O) groups is 3. The molecule has 1 aliphatic carbocycles. The molecule has 0 unspecified atom stereocenters. The van der Waals surface area contributed by atoms with Crippen molar-refractivity contribution in [3.8, 4) is 0 Å². The molecule has 1 amide bonds. The molecule has 0 aliphatic heterocycles. The first-order chi connectivity index (χ1) is 14.0. The van der Waals surface area contributed by atoms with Gasteiger partial charge in [0.15, 0.2) is 11.6 Å². The van der Waals surface area contributed by atoms with Crippen LogP contribution in [0.3, 0.4) is 0 Å². The summed E-state index contributed by atoms with van der Waals surface area (Å²) in [7, 11) is 0. The Balaban J connectivity index is 1.76. The largest absolute Gasteiger partial charge is 0.342 e. The van der Waals surface area contributed by atoms with E-state index in [1.54, 1.807) is 35.2 Å². The number of rotatable bonds is 5. The molecular formula is C24H22N2O3. The van der Waals surface area contributed by atoms with E-state index in [1.165, 1.54) is 0 Å². The number of hydrogen-bond donors (Lipinski definition) is 0. The summed E-state index contributed by atoms with van der Waals surface area (Å²) < 4.78 is 1.89. The van der Waals surface area contributed by atoms with Gasteiger partial charge < -0.3 is 9.47 Å². The molecule has 0 N–H and O–H groups in total. The first kappa shape index (κ1) is 18.9. The third kappa shape index (κ3) is 3.18. The summed E-state index contributed by atoms with van der Waals surface area (Å²) in [5.74, 6) is -0.460. The van der Waals surface area contributed by atoms with Crippen molar-refractivity contribution in [2.45, 2.75) is 20.4 Å². The number of nitrogens with zero attached hydrogens (tertiary/aromatic N) is 2. The highest BCUT2D eigenvalue weighted by molar-refractivity contribution is 6.41. The highest BCUT2D eigenvalue weighted by Crippen LogP contribution is 2.30. The number of Topliss-reactive ketones (excluding diaryl/α,β-unsaturated/α-hetero) is 2. The van der Waals surface area contributed by atoms with Crippen LogP contribution in [-0.2, 0) is 11.3 Å². The van der Waals surface area contributed by atoms with E-state index in [1.807, 2.05) is 48.9 Å². The molecule has 5 nitrogen and oxygen atoms in total. The molecule has 0 saturated carbocycles. The molecule has 1 aliphatic rings. The molecule has 1 heterocycles. The van der Waals surface area contributed by atoms with Crippen molar-refractivity contribution >= 4 is 34.5 Å². The molecule has 5 heteroatoms. The Morgan fingerprint density at radius 3 is 2.14 bits per heavy atom. The minimum Gasteiger partial charge on any atom is -0.342 e. The Bertz CT molecular complexity index is 1130. The highest BCUT2D eigenvalue weighted by atomic mass is 16.2. The quantitative estimate of drug-likeness (QED) is 0.492. The third-order valence-corrected chi connectivity index (χ3v) is 5.45. The zero-order chi connectivity index (χ0) is 20.5. The van der Waals surface area contributed by atoms with Gasteiger partial charge in [-0.05, 0) is 26.0 Å². The van der Waals surface area contributed by atoms with Crippen molar-refractivity contribution in [2.24, 2.45) is 0 Å². The van der Waals surface area contributed by atoms with Crippen LogP contribution in [0.2, 0.25) is 0 Å². The monoisotopic (exact) mass is 386 g/mol. The average molecular weight is 386 g/mol. The number of likely N-dealkylation sites (N-methyl/N-ethyl adjacent to an activating group) is 1. The number of carbonyl (C=O) groups excluding carboxylic acids is 3. The van der Waals surface area contributed by atoms with Crippen molar-refractivity contribution in [3.05, 3.63) is 77.0 Å². The fourth-order valence-corrected chi connectivity index (χ4v) is 3.90. The molecule has 0 saturated heterocycles. The van der Waals surface area contributed by atoms with Crippen LogP contribution in [0, 0.1) is 0 Å². The van der Waals surface area contributed by atoms with Crippen molar-refractivity contribution < 1.29 is 14.4 Å². The number of para-hydroxylation sites is 1. The zero-order valence-electron chi connectivity index (χ0n) is 16.5. The Morgan fingerprint density at radius 2 is 1.52 bits per heavy atom. The van der Waals surface area contributed by atoms with Gasteiger partial charge >= 0.3 is 0 Å². The van der Waals surface area contributed by atoms with E-state index < -0.39 is 0 Å². The lowest BCUT2D eigenvalue weighted by molar-refractivity contribution is -0.131. The molecule has 146 valence electrons. The van der Waals surface area contributed by atoms with Crippen molar-refractivity contribution in [1.29, 1.82) is 0 Å². The van der Waals surface area contributed by atoms with Crippen LogP contribution in [0.4, 0.5) is 0 Å². The SMILES string of the molecule is CCN(CC)C(=O)Cn1cc(C=C2C(=O)c3ccccc3C2=O)c2ccccc21. The van der Waals surface area contributed by atoms with Crippen LogP contribution >= 0.6 is 0 Å². The summed E-state index contributed by atoms with van der Waals surface area (Å²) in [6.07, 6.45) is 3.51. The Morgan fingerprint density at radius 1 is 0.931 bits per heavy atom. The average Bonchev–Trinajstić information content (AvgIpc) is 3.20.